The van der Waals surface area contributed by atoms with Gasteiger partial charge in [0, 0.05) is 23.9 Å². The van der Waals surface area contributed by atoms with E-state index in [0.29, 0.717) is 32.0 Å². The van der Waals surface area contributed by atoms with Crippen LogP contribution >= 0.6 is 11.3 Å². The lowest BCUT2D eigenvalue weighted by molar-refractivity contribution is -0.139. The molecule has 1 aromatic rings. The number of nitrogens with zero attached hydrogens (tertiary/aromatic N) is 1. The highest BCUT2D eigenvalue weighted by atomic mass is 32.1. The number of rotatable bonds is 3. The van der Waals surface area contributed by atoms with Crippen molar-refractivity contribution in [3.63, 3.8) is 0 Å². The Balaban J connectivity index is 1.58. The van der Waals surface area contributed by atoms with Crippen molar-refractivity contribution in [2.45, 2.75) is 18.9 Å². The second-order valence-electron chi connectivity index (χ2n) is 5.22. The first kappa shape index (κ1) is 13.6. The maximum atomic E-state index is 12.3. The van der Waals surface area contributed by atoms with Crippen LogP contribution in [0.15, 0.2) is 41.8 Å². The Kier molecular flexibility index (Phi) is 4.33. The number of carbonyl (C=O) groups excluding carboxylic acids is 1. The van der Waals surface area contributed by atoms with Crippen molar-refractivity contribution in [2.75, 3.05) is 19.7 Å². The lowest BCUT2D eigenvalue weighted by Gasteiger charge is -2.36. The molecule has 1 aliphatic carbocycles. The summed E-state index contributed by atoms with van der Waals surface area (Å²) < 4.78 is 5.86. The molecule has 1 fully saturated rings. The smallest absolute Gasteiger partial charge is 0.227 e. The quantitative estimate of drug-likeness (QED) is 0.856. The molecular weight excluding hydrogens is 270 g/mol. The molecule has 0 bridgehead atoms. The van der Waals surface area contributed by atoms with Gasteiger partial charge in [0.25, 0.3) is 0 Å². The second-order valence-corrected chi connectivity index (χ2v) is 6.25. The van der Waals surface area contributed by atoms with Gasteiger partial charge in [-0.1, -0.05) is 30.4 Å². The zero-order chi connectivity index (χ0) is 13.8. The molecule has 0 N–H and O–H groups in total. The molecular formula is C16H19NO2S. The van der Waals surface area contributed by atoms with Crippen LogP contribution < -0.4 is 0 Å². The molecule has 0 radical (unpaired) electrons. The molecule has 3 rings (SSSR count). The Labute approximate surface area is 123 Å². The number of hydrogen-bond donors (Lipinski definition) is 0. The number of thiophene rings is 1. The molecule has 0 aromatic carbocycles. The van der Waals surface area contributed by atoms with E-state index in [-0.39, 0.29) is 12.0 Å². The number of morpholine rings is 1. The summed E-state index contributed by atoms with van der Waals surface area (Å²) in [6, 6.07) is 4.02. The molecule has 1 aromatic heterocycles. The summed E-state index contributed by atoms with van der Waals surface area (Å²) in [5.74, 6) is 0.619. The Morgan fingerprint density at radius 2 is 2.40 bits per heavy atom. The van der Waals surface area contributed by atoms with E-state index >= 15 is 0 Å². The lowest BCUT2D eigenvalue weighted by atomic mass is 9.93. The van der Waals surface area contributed by atoms with Crippen molar-refractivity contribution < 1.29 is 9.53 Å². The second kappa shape index (κ2) is 6.37. The van der Waals surface area contributed by atoms with E-state index in [9.17, 15) is 4.79 Å². The van der Waals surface area contributed by atoms with Crippen molar-refractivity contribution in [3.8, 4) is 0 Å². The first-order chi connectivity index (χ1) is 9.83. The Morgan fingerprint density at radius 1 is 1.45 bits per heavy atom. The summed E-state index contributed by atoms with van der Waals surface area (Å²) in [5.41, 5.74) is 0. The average Bonchev–Trinajstić information content (AvgIpc) is 3.01. The van der Waals surface area contributed by atoms with Crippen molar-refractivity contribution in [1.82, 2.24) is 4.90 Å². The van der Waals surface area contributed by atoms with E-state index < -0.39 is 0 Å². The van der Waals surface area contributed by atoms with E-state index in [1.807, 2.05) is 22.4 Å². The largest absolute Gasteiger partial charge is 0.374 e. The van der Waals surface area contributed by atoms with Gasteiger partial charge < -0.3 is 9.64 Å². The standard InChI is InChI=1S/C16H19NO2S/c18-16(11-14-7-4-10-20-14)17-8-9-19-15(12-17)13-5-2-1-3-6-13/h1-5,7,10,13,15H,6,8-9,11-12H2. The van der Waals surface area contributed by atoms with Crippen molar-refractivity contribution in [3.05, 3.63) is 46.7 Å². The molecule has 2 heterocycles. The van der Waals surface area contributed by atoms with Gasteiger partial charge in [0.2, 0.25) is 5.91 Å². The van der Waals surface area contributed by atoms with Crippen LogP contribution in [-0.4, -0.2) is 36.6 Å². The summed E-state index contributed by atoms with van der Waals surface area (Å²) in [4.78, 5) is 15.4. The number of amides is 1. The van der Waals surface area contributed by atoms with Crippen LogP contribution in [-0.2, 0) is 16.0 Å². The van der Waals surface area contributed by atoms with Crippen LogP contribution in [0, 0.1) is 5.92 Å². The highest BCUT2D eigenvalue weighted by Gasteiger charge is 2.29. The maximum Gasteiger partial charge on any atom is 0.227 e. The highest BCUT2D eigenvalue weighted by Crippen LogP contribution is 2.22. The molecule has 4 heteroatoms. The van der Waals surface area contributed by atoms with Crippen LogP contribution in [0.2, 0.25) is 0 Å². The van der Waals surface area contributed by atoms with E-state index in [1.165, 1.54) is 0 Å². The Hall–Kier alpha value is -1.39. The zero-order valence-corrected chi connectivity index (χ0v) is 12.2. The molecule has 2 atom stereocenters. The van der Waals surface area contributed by atoms with Gasteiger partial charge in [-0.05, 0) is 17.9 Å². The highest BCUT2D eigenvalue weighted by molar-refractivity contribution is 7.10. The van der Waals surface area contributed by atoms with Crippen LogP contribution in [0.5, 0.6) is 0 Å². The van der Waals surface area contributed by atoms with Crippen LogP contribution in [0.25, 0.3) is 0 Å². The van der Waals surface area contributed by atoms with E-state index in [4.69, 9.17) is 4.74 Å². The summed E-state index contributed by atoms with van der Waals surface area (Å²) in [6.45, 7) is 2.08. The topological polar surface area (TPSA) is 29.5 Å². The third-order valence-corrected chi connectivity index (χ3v) is 4.72. The molecule has 2 aliphatic rings. The summed E-state index contributed by atoms with van der Waals surface area (Å²) in [5, 5.41) is 2.02. The van der Waals surface area contributed by atoms with Gasteiger partial charge in [-0.2, -0.15) is 0 Å². The molecule has 0 spiro atoms. The molecule has 106 valence electrons. The number of ether oxygens (including phenoxy) is 1. The molecule has 0 saturated carbocycles. The number of hydrogen-bond acceptors (Lipinski definition) is 3. The minimum absolute atomic E-state index is 0.136. The fourth-order valence-electron chi connectivity index (χ4n) is 2.71. The fraction of sp³-hybridized carbons (Fsp3) is 0.438. The van der Waals surface area contributed by atoms with E-state index in [2.05, 4.69) is 24.3 Å². The number of allylic oxidation sites excluding steroid dienone is 3. The Morgan fingerprint density at radius 3 is 3.15 bits per heavy atom. The summed E-state index contributed by atoms with van der Waals surface area (Å²) in [7, 11) is 0. The molecule has 2 unspecified atom stereocenters. The fourth-order valence-corrected chi connectivity index (χ4v) is 3.41. The zero-order valence-electron chi connectivity index (χ0n) is 11.4. The minimum atomic E-state index is 0.136. The first-order valence-corrected chi connectivity index (χ1v) is 7.96. The van der Waals surface area contributed by atoms with Gasteiger partial charge in [0.05, 0.1) is 19.1 Å². The number of carbonyl (C=O) groups is 1. The van der Waals surface area contributed by atoms with Gasteiger partial charge in [0.1, 0.15) is 0 Å². The Bertz CT molecular complexity index is 507. The van der Waals surface area contributed by atoms with Crippen LogP contribution in [0.4, 0.5) is 0 Å². The molecule has 1 amide bonds. The van der Waals surface area contributed by atoms with Crippen molar-refractivity contribution >= 4 is 17.2 Å². The average molecular weight is 289 g/mol. The van der Waals surface area contributed by atoms with Crippen molar-refractivity contribution in [1.29, 1.82) is 0 Å². The van der Waals surface area contributed by atoms with Crippen LogP contribution in [0.3, 0.4) is 0 Å². The molecule has 3 nitrogen and oxygen atoms in total. The minimum Gasteiger partial charge on any atom is -0.374 e. The van der Waals surface area contributed by atoms with Gasteiger partial charge in [0.15, 0.2) is 0 Å². The molecule has 1 saturated heterocycles. The van der Waals surface area contributed by atoms with Gasteiger partial charge in [-0.15, -0.1) is 11.3 Å². The normalized spacial score (nSPS) is 25.9. The van der Waals surface area contributed by atoms with Gasteiger partial charge >= 0.3 is 0 Å². The third kappa shape index (κ3) is 3.19. The molecule has 1 aliphatic heterocycles. The summed E-state index contributed by atoms with van der Waals surface area (Å²) in [6.07, 6.45) is 10.2. The SMILES string of the molecule is O=C(Cc1cccs1)N1CCOC(C2C=CC=CC2)C1. The third-order valence-electron chi connectivity index (χ3n) is 3.84. The predicted molar refractivity (Wildman–Crippen MR) is 80.7 cm³/mol. The monoisotopic (exact) mass is 289 g/mol. The lowest BCUT2D eigenvalue weighted by Crippen LogP contribution is -2.48. The predicted octanol–water partition coefficient (Wildman–Crippen LogP) is 2.65. The van der Waals surface area contributed by atoms with E-state index in [1.54, 1.807) is 11.3 Å². The van der Waals surface area contributed by atoms with Gasteiger partial charge in [-0.3, -0.25) is 4.79 Å². The van der Waals surface area contributed by atoms with E-state index in [0.717, 1.165) is 11.3 Å². The van der Waals surface area contributed by atoms with Gasteiger partial charge in [-0.25, -0.2) is 0 Å². The first-order valence-electron chi connectivity index (χ1n) is 7.08. The van der Waals surface area contributed by atoms with Crippen LogP contribution in [0.1, 0.15) is 11.3 Å². The maximum absolute atomic E-state index is 12.3. The van der Waals surface area contributed by atoms with Crippen molar-refractivity contribution in [2.24, 2.45) is 5.92 Å². The molecule has 20 heavy (non-hydrogen) atoms. The summed E-state index contributed by atoms with van der Waals surface area (Å²) >= 11 is 1.65.